The maximum Gasteiger partial charge on any atom is 0.264 e. The van der Waals surface area contributed by atoms with Gasteiger partial charge in [-0.3, -0.25) is 0 Å². The van der Waals surface area contributed by atoms with Crippen LogP contribution >= 0.6 is 0 Å². The van der Waals surface area contributed by atoms with E-state index in [0.717, 1.165) is 18.7 Å². The van der Waals surface area contributed by atoms with Crippen LogP contribution in [0.1, 0.15) is 32.0 Å². The largest absolute Gasteiger partial charge is 0.484 e. The first kappa shape index (κ1) is 13.4. The van der Waals surface area contributed by atoms with Gasteiger partial charge in [-0.2, -0.15) is 4.98 Å². The molecule has 102 valence electrons. The zero-order valence-electron chi connectivity index (χ0n) is 11.3. The molecule has 0 radical (unpaired) electrons. The molecule has 2 N–H and O–H groups in total. The van der Waals surface area contributed by atoms with Crippen LogP contribution in [0.4, 0.5) is 5.69 Å². The summed E-state index contributed by atoms with van der Waals surface area (Å²) in [6.45, 7) is 4.60. The van der Waals surface area contributed by atoms with E-state index in [0.29, 0.717) is 23.2 Å². The summed E-state index contributed by atoms with van der Waals surface area (Å²) in [6, 6.07) is 7.25. The quantitative estimate of drug-likeness (QED) is 0.809. The van der Waals surface area contributed by atoms with Gasteiger partial charge in [0.15, 0.2) is 12.4 Å². The minimum Gasteiger partial charge on any atom is -0.484 e. The van der Waals surface area contributed by atoms with E-state index in [1.54, 1.807) is 6.07 Å². The molecule has 0 amide bonds. The number of rotatable bonds is 6. The third-order valence-electron chi connectivity index (χ3n) is 2.68. The van der Waals surface area contributed by atoms with Gasteiger partial charge in [-0.25, -0.2) is 0 Å². The molecular formula is C14H19N3O2. The third kappa shape index (κ3) is 4.28. The Kier molecular flexibility index (Phi) is 4.39. The van der Waals surface area contributed by atoms with Crippen molar-refractivity contribution in [3.05, 3.63) is 36.0 Å². The van der Waals surface area contributed by atoms with E-state index in [1.165, 1.54) is 0 Å². The van der Waals surface area contributed by atoms with Crippen molar-refractivity contribution in [3.8, 4) is 5.75 Å². The maximum atomic E-state index is 5.67. The van der Waals surface area contributed by atoms with Crippen LogP contribution in [0.5, 0.6) is 5.75 Å². The maximum absolute atomic E-state index is 5.67. The van der Waals surface area contributed by atoms with Gasteiger partial charge in [-0.05, 0) is 24.5 Å². The highest BCUT2D eigenvalue weighted by Gasteiger charge is 2.07. The number of anilines is 1. The molecule has 0 bridgehead atoms. The Morgan fingerprint density at radius 3 is 2.95 bits per heavy atom. The van der Waals surface area contributed by atoms with E-state index < -0.39 is 0 Å². The van der Waals surface area contributed by atoms with Gasteiger partial charge in [-0.1, -0.05) is 25.1 Å². The number of hydrogen-bond donors (Lipinski definition) is 1. The Morgan fingerprint density at radius 1 is 1.37 bits per heavy atom. The molecule has 0 spiro atoms. The molecule has 0 aliphatic rings. The van der Waals surface area contributed by atoms with Gasteiger partial charge in [0.2, 0.25) is 0 Å². The molecule has 0 fully saturated rings. The minimum absolute atomic E-state index is 0.262. The average molecular weight is 261 g/mol. The molecule has 0 atom stereocenters. The predicted octanol–water partition coefficient (Wildman–Crippen LogP) is 2.82. The number of ether oxygens (including phenoxy) is 1. The normalized spacial score (nSPS) is 10.9. The lowest BCUT2D eigenvalue weighted by Crippen LogP contribution is -1.98. The molecule has 0 aliphatic heterocycles. The lowest BCUT2D eigenvalue weighted by atomic mass is 10.1. The Bertz CT molecular complexity index is 523. The first-order valence-electron chi connectivity index (χ1n) is 6.43. The summed E-state index contributed by atoms with van der Waals surface area (Å²) in [7, 11) is 0. The molecular weight excluding hydrogens is 242 g/mol. The van der Waals surface area contributed by atoms with Crippen LogP contribution in [0.25, 0.3) is 0 Å². The SMILES string of the molecule is CC(C)CCc1noc(COc2cccc(N)c2)n1. The van der Waals surface area contributed by atoms with Crippen LogP contribution in [0, 0.1) is 5.92 Å². The molecule has 0 saturated carbocycles. The van der Waals surface area contributed by atoms with Crippen LogP contribution in [0.15, 0.2) is 28.8 Å². The first-order chi connectivity index (χ1) is 9.13. The van der Waals surface area contributed by atoms with E-state index in [1.807, 2.05) is 18.2 Å². The minimum atomic E-state index is 0.262. The second-order valence-corrected chi connectivity index (χ2v) is 4.90. The lowest BCUT2D eigenvalue weighted by Gasteiger charge is -2.03. The molecule has 1 aromatic heterocycles. The molecule has 2 aromatic rings. The van der Waals surface area contributed by atoms with Crippen LogP contribution in [-0.2, 0) is 13.0 Å². The second-order valence-electron chi connectivity index (χ2n) is 4.90. The summed E-state index contributed by atoms with van der Waals surface area (Å²) in [5, 5.41) is 3.93. The highest BCUT2D eigenvalue weighted by atomic mass is 16.5. The van der Waals surface area contributed by atoms with E-state index in [2.05, 4.69) is 24.0 Å². The van der Waals surface area contributed by atoms with Crippen molar-refractivity contribution < 1.29 is 9.26 Å². The Balaban J connectivity index is 1.86. The fourth-order valence-electron chi connectivity index (χ4n) is 1.62. The van der Waals surface area contributed by atoms with Gasteiger partial charge in [0.05, 0.1) is 0 Å². The van der Waals surface area contributed by atoms with Gasteiger partial charge in [0.25, 0.3) is 5.89 Å². The van der Waals surface area contributed by atoms with Gasteiger partial charge in [0.1, 0.15) is 5.75 Å². The van der Waals surface area contributed by atoms with E-state index in [-0.39, 0.29) is 6.61 Å². The van der Waals surface area contributed by atoms with Crippen LogP contribution in [0.3, 0.4) is 0 Å². The Morgan fingerprint density at radius 2 is 2.21 bits per heavy atom. The molecule has 5 nitrogen and oxygen atoms in total. The van der Waals surface area contributed by atoms with Crippen molar-refractivity contribution >= 4 is 5.69 Å². The van der Waals surface area contributed by atoms with E-state index >= 15 is 0 Å². The monoisotopic (exact) mass is 261 g/mol. The third-order valence-corrected chi connectivity index (χ3v) is 2.68. The standard InChI is InChI=1S/C14H19N3O2/c1-10(2)6-7-13-16-14(19-17-13)9-18-12-5-3-4-11(15)8-12/h3-5,8,10H,6-7,9,15H2,1-2H3. The summed E-state index contributed by atoms with van der Waals surface area (Å²) in [4.78, 5) is 4.29. The van der Waals surface area contributed by atoms with Crippen LogP contribution in [-0.4, -0.2) is 10.1 Å². The molecule has 0 unspecified atom stereocenters. The van der Waals surface area contributed by atoms with E-state index in [4.69, 9.17) is 15.0 Å². The molecule has 0 saturated heterocycles. The summed E-state index contributed by atoms with van der Waals surface area (Å²) in [5.74, 6) is 2.55. The summed E-state index contributed by atoms with van der Waals surface area (Å²) in [6.07, 6.45) is 1.88. The molecule has 2 rings (SSSR count). The zero-order valence-corrected chi connectivity index (χ0v) is 11.3. The topological polar surface area (TPSA) is 74.2 Å². The average Bonchev–Trinajstić information content (AvgIpc) is 2.82. The number of nitrogens with zero attached hydrogens (tertiary/aromatic N) is 2. The number of aryl methyl sites for hydroxylation is 1. The molecule has 19 heavy (non-hydrogen) atoms. The fraction of sp³-hybridized carbons (Fsp3) is 0.429. The summed E-state index contributed by atoms with van der Waals surface area (Å²) >= 11 is 0. The van der Waals surface area contributed by atoms with Crippen molar-refractivity contribution in [1.82, 2.24) is 10.1 Å². The van der Waals surface area contributed by atoms with Gasteiger partial charge < -0.3 is 15.0 Å². The van der Waals surface area contributed by atoms with Gasteiger partial charge in [-0.15, -0.1) is 0 Å². The molecule has 1 aromatic carbocycles. The fourth-order valence-corrected chi connectivity index (χ4v) is 1.62. The smallest absolute Gasteiger partial charge is 0.264 e. The highest BCUT2D eigenvalue weighted by Crippen LogP contribution is 2.16. The van der Waals surface area contributed by atoms with Gasteiger partial charge in [0, 0.05) is 18.2 Å². The number of nitrogen functional groups attached to an aromatic ring is 1. The van der Waals surface area contributed by atoms with Gasteiger partial charge >= 0.3 is 0 Å². The second kappa shape index (κ2) is 6.22. The van der Waals surface area contributed by atoms with Crippen molar-refractivity contribution in [2.75, 3.05) is 5.73 Å². The zero-order chi connectivity index (χ0) is 13.7. The summed E-state index contributed by atoms with van der Waals surface area (Å²) in [5.41, 5.74) is 6.34. The lowest BCUT2D eigenvalue weighted by molar-refractivity contribution is 0.242. The number of nitrogens with two attached hydrogens (primary N) is 1. The Labute approximate surface area is 112 Å². The predicted molar refractivity (Wildman–Crippen MR) is 72.6 cm³/mol. The molecule has 5 heteroatoms. The van der Waals surface area contributed by atoms with Crippen molar-refractivity contribution in [1.29, 1.82) is 0 Å². The van der Waals surface area contributed by atoms with E-state index in [9.17, 15) is 0 Å². The van der Waals surface area contributed by atoms with Crippen LogP contribution in [0.2, 0.25) is 0 Å². The Hall–Kier alpha value is -2.04. The highest BCUT2D eigenvalue weighted by molar-refractivity contribution is 5.43. The summed E-state index contributed by atoms with van der Waals surface area (Å²) < 4.78 is 10.7. The van der Waals surface area contributed by atoms with Crippen molar-refractivity contribution in [2.24, 2.45) is 5.92 Å². The molecule has 1 heterocycles. The van der Waals surface area contributed by atoms with Crippen LogP contribution < -0.4 is 10.5 Å². The molecule has 0 aliphatic carbocycles. The first-order valence-corrected chi connectivity index (χ1v) is 6.43. The number of aromatic nitrogens is 2. The number of hydrogen-bond acceptors (Lipinski definition) is 5. The number of benzene rings is 1. The van der Waals surface area contributed by atoms with Crippen molar-refractivity contribution in [3.63, 3.8) is 0 Å². The van der Waals surface area contributed by atoms with Crippen molar-refractivity contribution in [2.45, 2.75) is 33.3 Å².